The van der Waals surface area contributed by atoms with E-state index in [9.17, 15) is 0 Å². The van der Waals surface area contributed by atoms with Crippen LogP contribution in [0.4, 0.5) is 17.1 Å². The molecule has 2 nitrogen and oxygen atoms in total. The van der Waals surface area contributed by atoms with Gasteiger partial charge in [-0.15, -0.1) is 0 Å². The zero-order chi connectivity index (χ0) is 28.7. The van der Waals surface area contributed by atoms with Gasteiger partial charge in [-0.1, -0.05) is 102 Å². The normalized spacial score (nSPS) is 11.0. The smallest absolute Gasteiger partial charge is 0.128 e. The maximum Gasteiger partial charge on any atom is 0.128 e. The van der Waals surface area contributed by atoms with E-state index in [1.54, 1.807) is 0 Å². The zero-order valence-corrected chi connectivity index (χ0v) is 24.2. The molecule has 0 saturated heterocycles. The maximum atomic E-state index is 6.18. The Bertz CT molecular complexity index is 1720. The summed E-state index contributed by atoms with van der Waals surface area (Å²) in [7, 11) is 0. The van der Waals surface area contributed by atoms with E-state index in [0.717, 1.165) is 50.8 Å². The summed E-state index contributed by atoms with van der Waals surface area (Å²) < 4.78 is 6.18. The first-order valence-corrected chi connectivity index (χ1v) is 14.4. The lowest BCUT2D eigenvalue weighted by Crippen LogP contribution is -2.09. The molecule has 0 spiro atoms. The number of furan rings is 1. The highest BCUT2D eigenvalue weighted by Crippen LogP contribution is 2.34. The van der Waals surface area contributed by atoms with Crippen LogP contribution in [0.5, 0.6) is 0 Å². The highest BCUT2D eigenvalue weighted by molar-refractivity contribution is 6.31. The van der Waals surface area contributed by atoms with Crippen LogP contribution in [0.3, 0.4) is 0 Å². The number of halogens is 2. The number of hydrogen-bond acceptors (Lipinski definition) is 2. The van der Waals surface area contributed by atoms with Crippen LogP contribution in [0.25, 0.3) is 23.8 Å². The zero-order valence-electron chi connectivity index (χ0n) is 22.7. The second-order valence-electron chi connectivity index (χ2n) is 9.74. The highest BCUT2D eigenvalue weighted by Gasteiger charge is 2.11. The maximum absolute atomic E-state index is 6.18. The summed E-state index contributed by atoms with van der Waals surface area (Å²) >= 11 is 12.3. The molecule has 0 N–H and O–H groups in total. The van der Waals surface area contributed by atoms with Crippen LogP contribution in [0.15, 0.2) is 150 Å². The van der Waals surface area contributed by atoms with Crippen molar-refractivity contribution in [3.05, 3.63) is 184 Å². The quantitative estimate of drug-likeness (QED) is 0.177. The molecule has 4 heteroatoms. The fourth-order valence-electron chi connectivity index (χ4n) is 4.78. The topological polar surface area (TPSA) is 16.4 Å². The van der Waals surface area contributed by atoms with Gasteiger partial charge in [0, 0.05) is 27.1 Å². The third kappa shape index (κ3) is 6.58. The van der Waals surface area contributed by atoms with Crippen molar-refractivity contribution in [1.82, 2.24) is 0 Å². The summed E-state index contributed by atoms with van der Waals surface area (Å²) in [5.74, 6) is 1.53. The lowest BCUT2D eigenvalue weighted by molar-refractivity contribution is 0.547. The Kier molecular flexibility index (Phi) is 8.37. The summed E-state index contributed by atoms with van der Waals surface area (Å²) in [6.07, 6.45) is 6.09. The molecule has 6 rings (SSSR count). The Labute approximate surface area is 256 Å². The summed E-state index contributed by atoms with van der Waals surface area (Å²) in [6.45, 7) is 0. The van der Waals surface area contributed by atoms with Gasteiger partial charge in [-0.2, -0.15) is 0 Å². The van der Waals surface area contributed by atoms with Gasteiger partial charge in [0.05, 0.1) is 0 Å². The average molecular weight is 585 g/mol. The third-order valence-corrected chi connectivity index (χ3v) is 7.37. The van der Waals surface area contributed by atoms with Crippen molar-refractivity contribution in [1.29, 1.82) is 0 Å². The molecule has 0 fully saturated rings. The lowest BCUT2D eigenvalue weighted by Gasteiger charge is -2.25. The van der Waals surface area contributed by atoms with Gasteiger partial charge >= 0.3 is 0 Å². The standard InChI is InChI=1S/C38H27Cl2NO/c39-31-18-14-29(15-19-31)38(30-16-20-32(40)21-17-30)27-37-26-25-36(42-37)24-13-28-11-22-35(23-12-28)41(33-7-3-1-4-8-33)34-9-5-2-6-10-34/h1-27H. The molecule has 0 atom stereocenters. The Balaban J connectivity index is 1.24. The van der Waals surface area contributed by atoms with E-state index in [1.165, 1.54) is 0 Å². The second kappa shape index (κ2) is 12.8. The summed E-state index contributed by atoms with van der Waals surface area (Å²) in [5, 5.41) is 1.39. The monoisotopic (exact) mass is 583 g/mol. The molecule has 6 aromatic rings. The van der Waals surface area contributed by atoms with Crippen molar-refractivity contribution >= 4 is 64.1 Å². The van der Waals surface area contributed by atoms with Crippen LogP contribution in [0.2, 0.25) is 10.0 Å². The van der Waals surface area contributed by atoms with Gasteiger partial charge in [0.15, 0.2) is 0 Å². The molecule has 204 valence electrons. The van der Waals surface area contributed by atoms with E-state index < -0.39 is 0 Å². The molecule has 0 radical (unpaired) electrons. The van der Waals surface area contributed by atoms with E-state index in [-0.39, 0.29) is 0 Å². The molecule has 0 amide bonds. The first kappa shape index (κ1) is 27.4. The van der Waals surface area contributed by atoms with Crippen LogP contribution < -0.4 is 4.90 Å². The van der Waals surface area contributed by atoms with Crippen molar-refractivity contribution in [3.63, 3.8) is 0 Å². The summed E-state index contributed by atoms with van der Waals surface area (Å²) in [4.78, 5) is 2.25. The predicted molar refractivity (Wildman–Crippen MR) is 179 cm³/mol. The molecule has 0 aliphatic rings. The minimum absolute atomic E-state index is 0.695. The van der Waals surface area contributed by atoms with Crippen LogP contribution >= 0.6 is 23.2 Å². The van der Waals surface area contributed by atoms with Gasteiger partial charge in [0.25, 0.3) is 0 Å². The van der Waals surface area contributed by atoms with Crippen molar-refractivity contribution in [2.75, 3.05) is 4.90 Å². The van der Waals surface area contributed by atoms with E-state index in [4.69, 9.17) is 27.6 Å². The number of hydrogen-bond donors (Lipinski definition) is 0. The van der Waals surface area contributed by atoms with Crippen molar-refractivity contribution in [3.8, 4) is 0 Å². The van der Waals surface area contributed by atoms with Crippen LogP contribution in [0, 0.1) is 0 Å². The molecular formula is C38H27Cl2NO. The molecular weight excluding hydrogens is 557 g/mol. The lowest BCUT2D eigenvalue weighted by atomic mass is 9.97. The van der Waals surface area contributed by atoms with Crippen molar-refractivity contribution < 1.29 is 4.42 Å². The largest absolute Gasteiger partial charge is 0.457 e. The fraction of sp³-hybridized carbons (Fsp3) is 0. The molecule has 1 aromatic heterocycles. The van der Waals surface area contributed by atoms with Gasteiger partial charge in [-0.25, -0.2) is 0 Å². The first-order chi connectivity index (χ1) is 20.6. The Morgan fingerprint density at radius 2 is 0.952 bits per heavy atom. The van der Waals surface area contributed by atoms with Gasteiger partial charge in [0.2, 0.25) is 0 Å². The number of nitrogens with zero attached hydrogens (tertiary/aromatic N) is 1. The molecule has 0 saturated carbocycles. The Morgan fingerprint density at radius 1 is 0.476 bits per heavy atom. The second-order valence-corrected chi connectivity index (χ2v) is 10.6. The minimum Gasteiger partial charge on any atom is -0.457 e. The minimum atomic E-state index is 0.695. The molecule has 5 aromatic carbocycles. The predicted octanol–water partition coefficient (Wildman–Crippen LogP) is 11.8. The Morgan fingerprint density at radius 3 is 1.48 bits per heavy atom. The number of para-hydroxylation sites is 2. The SMILES string of the molecule is Clc1ccc(C(=Cc2ccc(C=Cc3ccc(N(c4ccccc4)c4ccccc4)cc3)o2)c2ccc(Cl)cc2)cc1. The van der Waals surface area contributed by atoms with Crippen molar-refractivity contribution in [2.24, 2.45) is 0 Å². The molecule has 0 aliphatic carbocycles. The van der Waals surface area contributed by atoms with Crippen molar-refractivity contribution in [2.45, 2.75) is 0 Å². The summed E-state index contributed by atoms with van der Waals surface area (Å²) in [6, 6.07) is 48.8. The molecule has 0 aliphatic heterocycles. The van der Waals surface area contributed by atoms with Crippen LogP contribution in [0.1, 0.15) is 28.2 Å². The van der Waals surface area contributed by atoms with Gasteiger partial charge in [0.1, 0.15) is 11.5 Å². The number of rotatable bonds is 8. The molecule has 0 bridgehead atoms. The van der Waals surface area contributed by atoms with Crippen LogP contribution in [-0.2, 0) is 0 Å². The molecule has 0 unspecified atom stereocenters. The fourth-order valence-corrected chi connectivity index (χ4v) is 5.04. The van der Waals surface area contributed by atoms with Gasteiger partial charge < -0.3 is 9.32 Å². The van der Waals surface area contributed by atoms with Gasteiger partial charge in [-0.05, 0) is 107 Å². The molecule has 1 heterocycles. The van der Waals surface area contributed by atoms with E-state index >= 15 is 0 Å². The number of anilines is 3. The van der Waals surface area contributed by atoms with E-state index in [2.05, 4.69) is 83.8 Å². The van der Waals surface area contributed by atoms with Gasteiger partial charge in [-0.3, -0.25) is 0 Å². The van der Waals surface area contributed by atoms with E-state index in [0.29, 0.717) is 10.0 Å². The number of benzene rings is 5. The van der Waals surface area contributed by atoms with E-state index in [1.807, 2.05) is 84.9 Å². The molecule has 42 heavy (non-hydrogen) atoms. The average Bonchev–Trinajstić information content (AvgIpc) is 3.49. The third-order valence-electron chi connectivity index (χ3n) is 6.86. The first-order valence-electron chi connectivity index (χ1n) is 13.6. The Hall–Kier alpha value is -4.76. The van der Waals surface area contributed by atoms with Crippen LogP contribution in [-0.4, -0.2) is 0 Å². The summed E-state index contributed by atoms with van der Waals surface area (Å²) in [5.41, 5.74) is 7.48. The highest BCUT2D eigenvalue weighted by atomic mass is 35.5.